The number of esters is 1. The molecule has 1 amide bonds. The molecule has 0 rings (SSSR count). The minimum Gasteiger partial charge on any atom is -0.466 e. The maximum Gasteiger partial charge on any atom is 0.305 e. The molecule has 0 heterocycles. The van der Waals surface area contributed by atoms with Crippen LogP contribution in [0.15, 0.2) is 12.2 Å². The predicted molar refractivity (Wildman–Crippen MR) is 357 cm³/mol. The highest BCUT2D eigenvalue weighted by Crippen LogP contribution is 2.20. The molecular formula is C75H147NO5. The van der Waals surface area contributed by atoms with Crippen molar-refractivity contribution >= 4 is 11.9 Å². The van der Waals surface area contributed by atoms with E-state index in [9.17, 15) is 19.8 Å². The fraction of sp³-hybridized carbons (Fsp3) is 0.947. The average molecular weight is 1140 g/mol. The van der Waals surface area contributed by atoms with Crippen LogP contribution in [0.5, 0.6) is 0 Å². The molecule has 0 bridgehead atoms. The quantitative estimate of drug-likeness (QED) is 0.0320. The highest BCUT2D eigenvalue weighted by molar-refractivity contribution is 5.76. The summed E-state index contributed by atoms with van der Waals surface area (Å²) in [5, 5.41) is 23.3. The molecule has 0 saturated carbocycles. The number of hydrogen-bond acceptors (Lipinski definition) is 5. The number of carbonyl (C=O) groups is 2. The van der Waals surface area contributed by atoms with Gasteiger partial charge in [-0.05, 0) is 51.4 Å². The molecule has 6 nitrogen and oxygen atoms in total. The molecule has 2 atom stereocenters. The third kappa shape index (κ3) is 67.6. The lowest BCUT2D eigenvalue weighted by atomic mass is 10.0. The van der Waals surface area contributed by atoms with Crippen LogP contribution in [0.25, 0.3) is 0 Å². The average Bonchev–Trinajstić information content (AvgIpc) is 3.47. The number of aliphatic hydroxyl groups is 2. The number of carbonyl (C=O) groups excluding carboxylic acids is 2. The van der Waals surface area contributed by atoms with E-state index in [4.69, 9.17) is 4.74 Å². The third-order valence-corrected chi connectivity index (χ3v) is 17.8. The molecule has 81 heavy (non-hydrogen) atoms. The van der Waals surface area contributed by atoms with E-state index in [2.05, 4.69) is 31.3 Å². The number of hydrogen-bond donors (Lipinski definition) is 3. The van der Waals surface area contributed by atoms with Crippen LogP contribution in [-0.2, 0) is 14.3 Å². The number of rotatable bonds is 71. The Morgan fingerprint density at radius 2 is 0.580 bits per heavy atom. The van der Waals surface area contributed by atoms with Crippen molar-refractivity contribution in [2.45, 2.75) is 443 Å². The van der Waals surface area contributed by atoms with Crippen LogP contribution in [0, 0.1) is 0 Å². The van der Waals surface area contributed by atoms with Crippen molar-refractivity contribution in [2.24, 2.45) is 0 Å². The van der Waals surface area contributed by atoms with E-state index < -0.39 is 12.1 Å². The van der Waals surface area contributed by atoms with Crippen molar-refractivity contribution < 1.29 is 24.5 Å². The molecular weight excluding hydrogens is 995 g/mol. The maximum atomic E-state index is 12.5. The summed E-state index contributed by atoms with van der Waals surface area (Å²) < 4.78 is 5.49. The Balaban J connectivity index is 3.31. The maximum absolute atomic E-state index is 12.5. The molecule has 0 aliphatic heterocycles. The van der Waals surface area contributed by atoms with Crippen LogP contribution in [0.4, 0.5) is 0 Å². The predicted octanol–water partition coefficient (Wildman–Crippen LogP) is 24.3. The van der Waals surface area contributed by atoms with E-state index in [-0.39, 0.29) is 18.5 Å². The summed E-state index contributed by atoms with van der Waals surface area (Å²) in [4.78, 5) is 24.6. The van der Waals surface area contributed by atoms with Gasteiger partial charge in [-0.2, -0.15) is 0 Å². The normalized spacial score (nSPS) is 12.5. The first-order chi connectivity index (χ1) is 40.0. The fourth-order valence-electron chi connectivity index (χ4n) is 12.1. The number of allylic oxidation sites excluding steroid dienone is 2. The zero-order valence-electron chi connectivity index (χ0n) is 55.3. The van der Waals surface area contributed by atoms with Gasteiger partial charge in [-0.15, -0.1) is 0 Å². The Labute approximate surface area is 508 Å². The second kappa shape index (κ2) is 71.1. The van der Waals surface area contributed by atoms with Gasteiger partial charge in [0.05, 0.1) is 25.4 Å². The SMILES string of the molecule is CCCCCCCCCCCCCCCCC(O)C(CO)NC(=O)CCCCCCCCCCCCCCCCCCC/C=C\CCCCCCCCCCCCCCCCCCOC(=O)CCCCCCCCCCCCCCC. The molecule has 0 saturated heterocycles. The molecule has 0 aromatic heterocycles. The van der Waals surface area contributed by atoms with Crippen LogP contribution < -0.4 is 5.32 Å². The van der Waals surface area contributed by atoms with Crippen LogP contribution in [-0.4, -0.2) is 47.4 Å². The molecule has 0 aliphatic rings. The first-order valence-corrected chi connectivity index (χ1v) is 37.4. The third-order valence-electron chi connectivity index (χ3n) is 17.8. The Morgan fingerprint density at radius 1 is 0.333 bits per heavy atom. The Morgan fingerprint density at radius 3 is 0.877 bits per heavy atom. The van der Waals surface area contributed by atoms with E-state index in [0.717, 1.165) is 38.5 Å². The van der Waals surface area contributed by atoms with Crippen LogP contribution in [0.3, 0.4) is 0 Å². The standard InChI is InChI=1S/C75H147NO5/c1-3-5-7-9-11-13-15-17-44-47-51-55-59-63-67-73(78)72(71-77)76-74(79)68-64-60-56-52-48-45-41-39-37-35-33-31-29-27-25-23-21-19-18-20-22-24-26-28-30-32-34-36-38-40-42-46-50-54-58-62-66-70-81-75(80)69-65-61-57-53-49-43-16-14-12-10-8-6-4-2/h18,20,72-73,77-78H,3-17,19,21-71H2,1-2H3,(H,76,79)/b20-18-. The molecule has 2 unspecified atom stereocenters. The largest absolute Gasteiger partial charge is 0.466 e. The van der Waals surface area contributed by atoms with Gasteiger partial charge in [0.2, 0.25) is 5.91 Å². The summed E-state index contributed by atoms with van der Waals surface area (Å²) in [5.74, 6) is -0.00389. The van der Waals surface area contributed by atoms with E-state index in [0.29, 0.717) is 25.9 Å². The first-order valence-electron chi connectivity index (χ1n) is 37.4. The lowest BCUT2D eigenvalue weighted by molar-refractivity contribution is -0.143. The van der Waals surface area contributed by atoms with Gasteiger partial charge in [-0.25, -0.2) is 0 Å². The number of unbranched alkanes of at least 4 members (excludes halogenated alkanes) is 58. The minimum atomic E-state index is -0.660. The van der Waals surface area contributed by atoms with Crippen molar-refractivity contribution in [3.8, 4) is 0 Å². The van der Waals surface area contributed by atoms with Crippen LogP contribution in [0.2, 0.25) is 0 Å². The lowest BCUT2D eigenvalue weighted by Crippen LogP contribution is -2.45. The molecule has 3 N–H and O–H groups in total. The van der Waals surface area contributed by atoms with Crippen molar-refractivity contribution in [3.63, 3.8) is 0 Å². The second-order valence-electron chi connectivity index (χ2n) is 26.0. The monoisotopic (exact) mass is 1140 g/mol. The zero-order chi connectivity index (χ0) is 58.5. The van der Waals surface area contributed by atoms with Gasteiger partial charge in [-0.1, -0.05) is 379 Å². The summed E-state index contributed by atoms with van der Waals surface area (Å²) in [6, 6.07) is -0.537. The molecule has 0 aromatic rings. The highest BCUT2D eigenvalue weighted by Gasteiger charge is 2.20. The number of aliphatic hydroxyl groups excluding tert-OH is 2. The highest BCUT2D eigenvalue weighted by atomic mass is 16.5. The molecule has 0 radical (unpaired) electrons. The van der Waals surface area contributed by atoms with E-state index in [1.807, 2.05) is 0 Å². The second-order valence-corrected chi connectivity index (χ2v) is 26.0. The van der Waals surface area contributed by atoms with Gasteiger partial charge in [0, 0.05) is 12.8 Å². The molecule has 0 fully saturated rings. The van der Waals surface area contributed by atoms with E-state index in [1.54, 1.807) is 0 Å². The van der Waals surface area contributed by atoms with Crippen molar-refractivity contribution in [1.82, 2.24) is 5.32 Å². The topological polar surface area (TPSA) is 95.9 Å². The van der Waals surface area contributed by atoms with Crippen LogP contribution in [0.1, 0.15) is 431 Å². The van der Waals surface area contributed by atoms with Gasteiger partial charge < -0.3 is 20.3 Å². The molecule has 0 aromatic carbocycles. The number of amides is 1. The van der Waals surface area contributed by atoms with Crippen LogP contribution >= 0.6 is 0 Å². The summed E-state index contributed by atoms with van der Waals surface area (Å²) in [6.45, 7) is 5.00. The van der Waals surface area contributed by atoms with Gasteiger partial charge in [0.15, 0.2) is 0 Å². The number of ether oxygens (including phenoxy) is 1. The fourth-order valence-corrected chi connectivity index (χ4v) is 12.1. The van der Waals surface area contributed by atoms with Gasteiger partial charge in [-0.3, -0.25) is 9.59 Å². The lowest BCUT2D eigenvalue weighted by Gasteiger charge is -2.22. The van der Waals surface area contributed by atoms with Gasteiger partial charge in [0.25, 0.3) is 0 Å². The Hall–Kier alpha value is -1.40. The number of nitrogens with one attached hydrogen (secondary N) is 1. The zero-order valence-corrected chi connectivity index (χ0v) is 55.3. The smallest absolute Gasteiger partial charge is 0.305 e. The summed E-state index contributed by atoms with van der Waals surface area (Å²) in [6.07, 6.45) is 88.7. The summed E-state index contributed by atoms with van der Waals surface area (Å²) in [7, 11) is 0. The van der Waals surface area contributed by atoms with E-state index in [1.165, 1.54) is 360 Å². The van der Waals surface area contributed by atoms with E-state index >= 15 is 0 Å². The van der Waals surface area contributed by atoms with Crippen molar-refractivity contribution in [3.05, 3.63) is 12.2 Å². The van der Waals surface area contributed by atoms with Crippen molar-refractivity contribution in [2.75, 3.05) is 13.2 Å². The molecule has 482 valence electrons. The van der Waals surface area contributed by atoms with Gasteiger partial charge >= 0.3 is 5.97 Å². The first kappa shape index (κ1) is 79.6. The van der Waals surface area contributed by atoms with Gasteiger partial charge in [0.1, 0.15) is 0 Å². The molecule has 6 heteroatoms. The Bertz CT molecular complexity index is 1220. The Kier molecular flexibility index (Phi) is 69.9. The van der Waals surface area contributed by atoms with Crippen molar-refractivity contribution in [1.29, 1.82) is 0 Å². The molecule has 0 aliphatic carbocycles. The minimum absolute atomic E-state index is 0.0239. The summed E-state index contributed by atoms with van der Waals surface area (Å²) in [5.41, 5.74) is 0. The molecule has 0 spiro atoms. The summed E-state index contributed by atoms with van der Waals surface area (Å²) >= 11 is 0.